The summed E-state index contributed by atoms with van der Waals surface area (Å²) < 4.78 is 5.88. The maximum Gasteiger partial charge on any atom is 0.309 e. The minimum absolute atomic E-state index is 0.123. The quantitative estimate of drug-likeness (QED) is 0.347. The van der Waals surface area contributed by atoms with E-state index in [0.717, 1.165) is 37.5 Å². The molecule has 0 aromatic rings. The number of carbonyl (C=O) groups excluding carboxylic acids is 1. The van der Waals surface area contributed by atoms with Crippen molar-refractivity contribution in [1.29, 1.82) is 0 Å². The molecule has 24 heavy (non-hydrogen) atoms. The second-order valence-electron chi connectivity index (χ2n) is 8.44. The van der Waals surface area contributed by atoms with Crippen molar-refractivity contribution in [1.82, 2.24) is 0 Å². The van der Waals surface area contributed by atoms with Gasteiger partial charge < -0.3 is 4.74 Å². The Morgan fingerprint density at radius 1 is 0.750 bits per heavy atom. The molecule has 2 nitrogen and oxygen atoms in total. The molecule has 0 aromatic heterocycles. The molecule has 2 aliphatic rings. The first-order chi connectivity index (χ1) is 11.7. The van der Waals surface area contributed by atoms with Crippen LogP contribution in [0, 0.1) is 17.8 Å². The second-order valence-corrected chi connectivity index (χ2v) is 8.44. The number of hydrogen-bond donors (Lipinski definition) is 0. The molecule has 0 amide bonds. The summed E-state index contributed by atoms with van der Waals surface area (Å²) in [5.74, 6) is 2.08. The Bertz CT molecular complexity index is 336. The highest BCUT2D eigenvalue weighted by molar-refractivity contribution is 5.72. The summed E-state index contributed by atoms with van der Waals surface area (Å²) in [6.07, 6.45) is 19.0. The largest absolute Gasteiger partial charge is 0.462 e. The lowest BCUT2D eigenvalue weighted by Gasteiger charge is -2.31. The number of esters is 1. The predicted octanol–water partition coefficient (Wildman–Crippen LogP) is 6.67. The molecule has 0 heterocycles. The van der Waals surface area contributed by atoms with Gasteiger partial charge in [0.25, 0.3) is 0 Å². The van der Waals surface area contributed by atoms with Gasteiger partial charge in [-0.2, -0.15) is 0 Å². The van der Waals surface area contributed by atoms with Crippen LogP contribution in [0.4, 0.5) is 0 Å². The topological polar surface area (TPSA) is 26.3 Å². The Balaban J connectivity index is 1.60. The van der Waals surface area contributed by atoms with Crippen molar-refractivity contribution in [3.8, 4) is 0 Å². The lowest BCUT2D eigenvalue weighted by molar-refractivity contribution is -0.157. The van der Waals surface area contributed by atoms with Gasteiger partial charge in [-0.3, -0.25) is 4.79 Å². The molecule has 0 unspecified atom stereocenters. The van der Waals surface area contributed by atoms with Crippen LogP contribution in [0.25, 0.3) is 0 Å². The zero-order chi connectivity index (χ0) is 17.2. The van der Waals surface area contributed by atoms with Crippen molar-refractivity contribution in [2.24, 2.45) is 17.8 Å². The molecule has 0 bridgehead atoms. The van der Waals surface area contributed by atoms with Crippen molar-refractivity contribution in [3.63, 3.8) is 0 Å². The number of ether oxygens (including phenoxy) is 1. The summed E-state index contributed by atoms with van der Waals surface area (Å²) in [7, 11) is 0. The Hall–Kier alpha value is -0.530. The smallest absolute Gasteiger partial charge is 0.309 e. The lowest BCUT2D eigenvalue weighted by Crippen LogP contribution is -2.30. The number of carbonyl (C=O) groups is 1. The second kappa shape index (κ2) is 11.2. The Kier molecular flexibility index (Phi) is 9.20. The summed E-state index contributed by atoms with van der Waals surface area (Å²) in [4.78, 5) is 12.5. The zero-order valence-corrected chi connectivity index (χ0v) is 16.2. The van der Waals surface area contributed by atoms with Crippen LogP contribution >= 0.6 is 0 Å². The number of unbranched alkanes of at least 4 members (excludes halogenated alkanes) is 3. The normalized spacial score (nSPS) is 30.9. The van der Waals surface area contributed by atoms with Gasteiger partial charge in [0.15, 0.2) is 0 Å². The highest BCUT2D eigenvalue weighted by Crippen LogP contribution is 2.34. The Labute approximate surface area is 150 Å². The van der Waals surface area contributed by atoms with E-state index in [9.17, 15) is 4.79 Å². The fourth-order valence-electron chi connectivity index (χ4n) is 4.66. The minimum atomic E-state index is 0.123. The van der Waals surface area contributed by atoms with E-state index in [1.165, 1.54) is 70.6 Å². The number of hydrogen-bond acceptors (Lipinski definition) is 2. The van der Waals surface area contributed by atoms with Crippen molar-refractivity contribution in [2.45, 2.75) is 116 Å². The SMILES string of the molecule is CCCCC[C@H]1CC[C@H](OC(=O)[C@H]2CC[C@H](CCCC)CC2)CC1. The standard InChI is InChI=1S/C22H40O2/c1-3-5-7-9-19-12-16-21(17-13-19)24-22(23)20-14-10-18(11-15-20)8-6-4-2/h18-21H,3-17H2,1-2H3/t18-,19-,20-,21-. The first-order valence-electron chi connectivity index (χ1n) is 10.9. The van der Waals surface area contributed by atoms with Crippen LogP contribution in [0.5, 0.6) is 0 Å². The van der Waals surface area contributed by atoms with E-state index in [4.69, 9.17) is 4.74 Å². The van der Waals surface area contributed by atoms with Crippen LogP contribution in [0.3, 0.4) is 0 Å². The van der Waals surface area contributed by atoms with Crippen LogP contribution in [0.15, 0.2) is 0 Å². The van der Waals surface area contributed by atoms with Gasteiger partial charge in [-0.05, 0) is 63.2 Å². The maximum absolute atomic E-state index is 12.5. The average molecular weight is 337 g/mol. The highest BCUT2D eigenvalue weighted by Gasteiger charge is 2.30. The summed E-state index contributed by atoms with van der Waals surface area (Å²) in [5, 5.41) is 0. The first-order valence-corrected chi connectivity index (χ1v) is 10.9. The molecule has 0 aromatic carbocycles. The summed E-state index contributed by atoms with van der Waals surface area (Å²) in [6, 6.07) is 0. The van der Waals surface area contributed by atoms with Crippen molar-refractivity contribution >= 4 is 5.97 Å². The van der Waals surface area contributed by atoms with Gasteiger partial charge in [0.05, 0.1) is 5.92 Å². The maximum atomic E-state index is 12.5. The van der Waals surface area contributed by atoms with Crippen LogP contribution in [-0.2, 0) is 9.53 Å². The van der Waals surface area contributed by atoms with E-state index in [1.54, 1.807) is 0 Å². The molecule has 2 rings (SSSR count). The van der Waals surface area contributed by atoms with E-state index >= 15 is 0 Å². The van der Waals surface area contributed by atoms with Crippen molar-refractivity contribution < 1.29 is 9.53 Å². The molecule has 0 atom stereocenters. The third kappa shape index (κ3) is 6.76. The monoisotopic (exact) mass is 336 g/mol. The van der Waals surface area contributed by atoms with E-state index in [0.29, 0.717) is 0 Å². The van der Waals surface area contributed by atoms with E-state index in [1.807, 2.05) is 0 Å². The summed E-state index contributed by atoms with van der Waals surface area (Å²) >= 11 is 0. The van der Waals surface area contributed by atoms with Gasteiger partial charge in [-0.25, -0.2) is 0 Å². The van der Waals surface area contributed by atoms with Crippen LogP contribution in [0.1, 0.15) is 110 Å². The van der Waals surface area contributed by atoms with Gasteiger partial charge in [0, 0.05) is 0 Å². The third-order valence-corrected chi connectivity index (χ3v) is 6.44. The van der Waals surface area contributed by atoms with Gasteiger partial charge in [0.1, 0.15) is 6.10 Å². The van der Waals surface area contributed by atoms with Gasteiger partial charge >= 0.3 is 5.97 Å². The third-order valence-electron chi connectivity index (χ3n) is 6.44. The van der Waals surface area contributed by atoms with Crippen LogP contribution in [0.2, 0.25) is 0 Å². The molecule has 0 aliphatic heterocycles. The van der Waals surface area contributed by atoms with E-state index in [-0.39, 0.29) is 18.0 Å². The molecule has 0 spiro atoms. The summed E-state index contributed by atoms with van der Waals surface area (Å²) in [5.41, 5.74) is 0. The molecule has 0 saturated heterocycles. The molecule has 0 N–H and O–H groups in total. The highest BCUT2D eigenvalue weighted by atomic mass is 16.5. The molecule has 2 saturated carbocycles. The molecule has 2 fully saturated rings. The Morgan fingerprint density at radius 3 is 1.88 bits per heavy atom. The van der Waals surface area contributed by atoms with Crippen LogP contribution in [-0.4, -0.2) is 12.1 Å². The lowest BCUT2D eigenvalue weighted by atomic mass is 9.79. The van der Waals surface area contributed by atoms with Gasteiger partial charge in [-0.1, -0.05) is 58.8 Å². The minimum Gasteiger partial charge on any atom is -0.462 e. The van der Waals surface area contributed by atoms with Crippen molar-refractivity contribution in [3.05, 3.63) is 0 Å². The van der Waals surface area contributed by atoms with E-state index < -0.39 is 0 Å². The Morgan fingerprint density at radius 2 is 1.29 bits per heavy atom. The molecule has 2 heteroatoms. The van der Waals surface area contributed by atoms with Crippen LogP contribution < -0.4 is 0 Å². The molecule has 140 valence electrons. The molecule has 2 aliphatic carbocycles. The zero-order valence-electron chi connectivity index (χ0n) is 16.2. The molecular formula is C22H40O2. The average Bonchev–Trinajstić information content (AvgIpc) is 2.62. The summed E-state index contributed by atoms with van der Waals surface area (Å²) in [6.45, 7) is 4.54. The van der Waals surface area contributed by atoms with E-state index in [2.05, 4.69) is 13.8 Å². The first kappa shape index (κ1) is 19.8. The van der Waals surface area contributed by atoms with Crippen molar-refractivity contribution in [2.75, 3.05) is 0 Å². The van der Waals surface area contributed by atoms with Gasteiger partial charge in [0.2, 0.25) is 0 Å². The van der Waals surface area contributed by atoms with Gasteiger partial charge in [-0.15, -0.1) is 0 Å². The predicted molar refractivity (Wildman–Crippen MR) is 101 cm³/mol. The molecule has 0 radical (unpaired) electrons. The molecular weight excluding hydrogens is 296 g/mol. The number of rotatable bonds is 9. The fourth-order valence-corrected chi connectivity index (χ4v) is 4.66. The fraction of sp³-hybridized carbons (Fsp3) is 0.955.